The number of carbonyl (C=O) groups is 1. The molecule has 0 N–H and O–H groups in total. The van der Waals surface area contributed by atoms with Crippen molar-refractivity contribution in [3.8, 4) is 0 Å². The molecule has 0 aromatic carbocycles. The van der Waals surface area contributed by atoms with Crippen molar-refractivity contribution in [2.24, 2.45) is 5.92 Å². The Morgan fingerprint density at radius 3 is 2.96 bits per heavy atom. The third kappa shape index (κ3) is 3.61. The second-order valence-corrected chi connectivity index (χ2v) is 8.43. The molecule has 2 aromatic rings. The van der Waals surface area contributed by atoms with Crippen LogP contribution in [-0.4, -0.2) is 32.8 Å². The number of hydrogen-bond donors (Lipinski definition) is 0. The molecule has 5 nitrogen and oxygen atoms in total. The zero-order valence-electron chi connectivity index (χ0n) is 13.0. The summed E-state index contributed by atoms with van der Waals surface area (Å²) in [4.78, 5) is 14.5. The van der Waals surface area contributed by atoms with Gasteiger partial charge in [-0.2, -0.15) is 0 Å². The van der Waals surface area contributed by atoms with Crippen molar-refractivity contribution in [1.82, 2.24) is 15.1 Å². The lowest BCUT2D eigenvalue weighted by Gasteiger charge is -2.20. The van der Waals surface area contributed by atoms with Crippen molar-refractivity contribution in [2.75, 3.05) is 5.75 Å². The van der Waals surface area contributed by atoms with Crippen LogP contribution in [0.15, 0.2) is 26.4 Å². The van der Waals surface area contributed by atoms with E-state index in [1.54, 1.807) is 5.51 Å². The molecule has 2 aliphatic rings. The fourth-order valence-electron chi connectivity index (χ4n) is 2.80. The van der Waals surface area contributed by atoms with E-state index in [9.17, 15) is 4.79 Å². The lowest BCUT2D eigenvalue weighted by Crippen LogP contribution is -2.33. The van der Waals surface area contributed by atoms with Crippen molar-refractivity contribution < 1.29 is 9.21 Å². The van der Waals surface area contributed by atoms with E-state index in [0.29, 0.717) is 24.3 Å². The van der Waals surface area contributed by atoms with E-state index in [-0.39, 0.29) is 5.91 Å². The van der Waals surface area contributed by atoms with Crippen molar-refractivity contribution in [1.29, 1.82) is 0 Å². The Bertz CT molecular complexity index is 681. The van der Waals surface area contributed by atoms with E-state index in [0.717, 1.165) is 34.6 Å². The van der Waals surface area contributed by atoms with Gasteiger partial charge in [-0.3, -0.25) is 4.79 Å². The van der Waals surface area contributed by atoms with Crippen LogP contribution in [0.5, 0.6) is 0 Å². The molecule has 2 atom stereocenters. The maximum Gasteiger partial charge on any atom is 0.233 e. The first kappa shape index (κ1) is 15.2. The number of thioether (sulfide) groups is 1. The van der Waals surface area contributed by atoms with E-state index < -0.39 is 0 Å². The van der Waals surface area contributed by atoms with Gasteiger partial charge in [-0.25, -0.2) is 0 Å². The Balaban J connectivity index is 1.37. The van der Waals surface area contributed by atoms with Crippen LogP contribution in [0.2, 0.25) is 0 Å². The van der Waals surface area contributed by atoms with Gasteiger partial charge < -0.3 is 9.32 Å². The number of nitrogens with zero attached hydrogens (tertiary/aromatic N) is 3. The summed E-state index contributed by atoms with van der Waals surface area (Å²) in [5, 5.41) is 7.77. The van der Waals surface area contributed by atoms with E-state index in [1.165, 1.54) is 29.5 Å². The van der Waals surface area contributed by atoms with Gasteiger partial charge >= 0.3 is 0 Å². The number of hydrogen-bond acceptors (Lipinski definition) is 6. The van der Waals surface area contributed by atoms with Crippen LogP contribution in [0.4, 0.5) is 0 Å². The SMILES string of the molecule is C[C@@H]1C[C@@H]1c1ccc(CN(C(=O)CSc2nncs2)C2CC2)o1. The molecule has 1 amide bonds. The van der Waals surface area contributed by atoms with Crippen LogP contribution >= 0.6 is 23.1 Å². The molecule has 23 heavy (non-hydrogen) atoms. The molecule has 0 aliphatic heterocycles. The normalized spacial score (nSPS) is 23.0. The maximum absolute atomic E-state index is 12.5. The predicted molar refractivity (Wildman–Crippen MR) is 89.4 cm³/mol. The van der Waals surface area contributed by atoms with Gasteiger partial charge in [-0.15, -0.1) is 10.2 Å². The first-order valence-electron chi connectivity index (χ1n) is 7.97. The summed E-state index contributed by atoms with van der Waals surface area (Å²) in [6.45, 7) is 2.83. The van der Waals surface area contributed by atoms with Crippen molar-refractivity contribution >= 4 is 29.0 Å². The minimum atomic E-state index is 0.158. The first-order chi connectivity index (χ1) is 11.2. The number of rotatable bonds is 7. The van der Waals surface area contributed by atoms with Crippen LogP contribution in [-0.2, 0) is 11.3 Å². The molecule has 4 rings (SSSR count). The maximum atomic E-state index is 12.5. The summed E-state index contributed by atoms with van der Waals surface area (Å²) < 4.78 is 6.81. The summed E-state index contributed by atoms with van der Waals surface area (Å²) in [6.07, 6.45) is 3.42. The van der Waals surface area contributed by atoms with Crippen LogP contribution < -0.4 is 0 Å². The molecule has 2 saturated carbocycles. The number of aromatic nitrogens is 2. The Labute approximate surface area is 143 Å². The average molecular weight is 349 g/mol. The van der Waals surface area contributed by atoms with Gasteiger partial charge in [-0.1, -0.05) is 30.0 Å². The molecule has 2 fully saturated rings. The second kappa shape index (κ2) is 6.28. The zero-order valence-corrected chi connectivity index (χ0v) is 14.6. The summed E-state index contributed by atoms with van der Waals surface area (Å²) >= 11 is 2.93. The standard InChI is InChI=1S/C16H19N3O2S2/c1-10-6-13(10)14-5-4-12(21-14)7-19(11-2-3-11)15(20)8-22-16-18-17-9-23-16/h4-5,9-11,13H,2-3,6-8H2,1H3/t10-,13+/m1/s1. The summed E-state index contributed by atoms with van der Waals surface area (Å²) in [5.41, 5.74) is 1.69. The molecule has 0 radical (unpaired) electrons. The molecule has 2 aromatic heterocycles. The zero-order chi connectivity index (χ0) is 15.8. The highest BCUT2D eigenvalue weighted by Crippen LogP contribution is 2.47. The molecule has 2 heterocycles. The Kier molecular flexibility index (Phi) is 4.15. The molecule has 122 valence electrons. The van der Waals surface area contributed by atoms with Gasteiger partial charge in [0.05, 0.1) is 12.3 Å². The summed E-state index contributed by atoms with van der Waals surface area (Å²) in [6, 6.07) is 4.49. The fraction of sp³-hybridized carbons (Fsp3) is 0.562. The molecule has 7 heteroatoms. The first-order valence-corrected chi connectivity index (χ1v) is 9.84. The van der Waals surface area contributed by atoms with Crippen molar-refractivity contribution in [3.63, 3.8) is 0 Å². The number of carbonyl (C=O) groups excluding carboxylic acids is 1. The highest BCUT2D eigenvalue weighted by atomic mass is 32.2. The Hall–Kier alpha value is -1.34. The van der Waals surface area contributed by atoms with E-state index >= 15 is 0 Å². The molecular formula is C16H19N3O2S2. The van der Waals surface area contributed by atoms with Gasteiger partial charge in [0.1, 0.15) is 17.0 Å². The van der Waals surface area contributed by atoms with Gasteiger partial charge in [0.2, 0.25) is 5.91 Å². The summed E-state index contributed by atoms with van der Waals surface area (Å²) in [5.74, 6) is 3.88. The molecule has 0 spiro atoms. The van der Waals surface area contributed by atoms with Crippen LogP contribution in [0.1, 0.15) is 43.6 Å². The highest BCUT2D eigenvalue weighted by Gasteiger charge is 2.37. The predicted octanol–water partition coefficient (Wildman–Crippen LogP) is 3.54. The van der Waals surface area contributed by atoms with Crippen molar-refractivity contribution in [2.45, 2.75) is 49.0 Å². The van der Waals surface area contributed by atoms with E-state index in [4.69, 9.17) is 4.42 Å². The minimum Gasteiger partial charge on any atom is -0.464 e. The van der Waals surface area contributed by atoms with E-state index in [2.05, 4.69) is 23.2 Å². The van der Waals surface area contributed by atoms with Gasteiger partial charge in [-0.05, 0) is 37.3 Å². The number of amides is 1. The highest BCUT2D eigenvalue weighted by molar-refractivity contribution is 8.01. The lowest BCUT2D eigenvalue weighted by molar-refractivity contribution is -0.129. The Morgan fingerprint density at radius 2 is 2.30 bits per heavy atom. The number of furan rings is 1. The monoisotopic (exact) mass is 349 g/mol. The van der Waals surface area contributed by atoms with E-state index in [1.807, 2.05) is 11.0 Å². The third-order valence-corrected chi connectivity index (χ3v) is 6.30. The van der Waals surface area contributed by atoms with Crippen molar-refractivity contribution in [3.05, 3.63) is 29.2 Å². The summed E-state index contributed by atoms with van der Waals surface area (Å²) in [7, 11) is 0. The second-order valence-electron chi connectivity index (χ2n) is 6.37. The third-order valence-electron chi connectivity index (χ3n) is 4.45. The van der Waals surface area contributed by atoms with Crippen LogP contribution in [0, 0.1) is 5.92 Å². The molecule has 0 saturated heterocycles. The largest absolute Gasteiger partial charge is 0.464 e. The van der Waals surface area contributed by atoms with Gasteiger partial charge in [0, 0.05) is 12.0 Å². The lowest BCUT2D eigenvalue weighted by atomic mass is 10.3. The molecule has 2 aliphatic carbocycles. The van der Waals surface area contributed by atoms with Crippen LogP contribution in [0.25, 0.3) is 0 Å². The Morgan fingerprint density at radius 1 is 1.48 bits per heavy atom. The fourth-order valence-corrected chi connectivity index (χ4v) is 4.18. The van der Waals surface area contributed by atoms with Gasteiger partial charge in [0.25, 0.3) is 0 Å². The molecule has 0 bridgehead atoms. The average Bonchev–Trinajstić information content (AvgIpc) is 3.40. The quantitative estimate of drug-likeness (QED) is 0.716. The molecular weight excluding hydrogens is 330 g/mol. The van der Waals surface area contributed by atoms with Crippen LogP contribution in [0.3, 0.4) is 0 Å². The topological polar surface area (TPSA) is 59.2 Å². The minimum absolute atomic E-state index is 0.158. The smallest absolute Gasteiger partial charge is 0.233 e. The molecule has 0 unspecified atom stereocenters. The van der Waals surface area contributed by atoms with Gasteiger partial charge in [0.15, 0.2) is 4.34 Å².